The number of thiazole rings is 1. The Kier molecular flexibility index (Phi) is 5.95. The molecule has 0 N–H and O–H groups in total. The van der Waals surface area contributed by atoms with E-state index < -0.39 is 0 Å². The molecule has 1 aromatic heterocycles. The molecule has 1 saturated heterocycles. The minimum Gasteiger partial charge on any atom is -0.349 e. The Morgan fingerprint density at radius 3 is 2.37 bits per heavy atom. The zero-order valence-electron chi connectivity index (χ0n) is 16.5. The van der Waals surface area contributed by atoms with Crippen molar-refractivity contribution in [3.8, 4) is 11.3 Å². The lowest BCUT2D eigenvalue weighted by Gasteiger charge is -2.32. The van der Waals surface area contributed by atoms with Gasteiger partial charge in [0.25, 0.3) is 0 Å². The van der Waals surface area contributed by atoms with E-state index in [-0.39, 0.29) is 17.7 Å². The normalized spacial score (nSPS) is 15.0. The van der Waals surface area contributed by atoms with Gasteiger partial charge in [-0.3, -0.25) is 9.59 Å². The fraction of sp³-hybridized carbons (Fsp3) is 0.476. The number of piperidine rings is 1. The van der Waals surface area contributed by atoms with E-state index in [9.17, 15) is 9.59 Å². The predicted molar refractivity (Wildman–Crippen MR) is 109 cm³/mol. The van der Waals surface area contributed by atoms with Crippen LogP contribution in [0.4, 0.5) is 0 Å². The number of hydrogen-bond donors (Lipinski definition) is 0. The molecule has 0 bridgehead atoms. The van der Waals surface area contributed by atoms with Crippen molar-refractivity contribution in [1.29, 1.82) is 0 Å². The van der Waals surface area contributed by atoms with Crippen LogP contribution in [0, 0.1) is 19.8 Å². The molecule has 5 nitrogen and oxygen atoms in total. The summed E-state index contributed by atoms with van der Waals surface area (Å²) in [5.41, 5.74) is 3.19. The second kappa shape index (κ2) is 8.21. The highest BCUT2D eigenvalue weighted by atomic mass is 32.1. The van der Waals surface area contributed by atoms with E-state index in [1.165, 1.54) is 5.56 Å². The molecule has 0 aliphatic carbocycles. The smallest absolute Gasteiger partial charge is 0.227 e. The number of amides is 2. The first kappa shape index (κ1) is 19.5. The fourth-order valence-corrected chi connectivity index (χ4v) is 4.47. The molecular weight excluding hydrogens is 358 g/mol. The molecule has 0 atom stereocenters. The minimum atomic E-state index is 0.0396. The topological polar surface area (TPSA) is 53.5 Å². The van der Waals surface area contributed by atoms with Crippen LogP contribution in [-0.4, -0.2) is 53.8 Å². The van der Waals surface area contributed by atoms with Crippen LogP contribution in [0.2, 0.25) is 0 Å². The summed E-state index contributed by atoms with van der Waals surface area (Å²) in [5, 5.41) is 0.976. The highest BCUT2D eigenvalue weighted by molar-refractivity contribution is 7.12. The average Bonchev–Trinajstić information content (AvgIpc) is 3.01. The first-order valence-corrected chi connectivity index (χ1v) is 10.2. The molecule has 3 rings (SSSR count). The van der Waals surface area contributed by atoms with Gasteiger partial charge < -0.3 is 9.80 Å². The molecule has 0 radical (unpaired) electrons. The zero-order chi connectivity index (χ0) is 19.6. The van der Waals surface area contributed by atoms with E-state index in [1.807, 2.05) is 11.8 Å². The molecule has 2 amide bonds. The molecule has 2 aromatic rings. The Morgan fingerprint density at radius 1 is 1.15 bits per heavy atom. The fourth-order valence-electron chi connectivity index (χ4n) is 3.52. The van der Waals surface area contributed by atoms with Crippen LogP contribution in [-0.2, 0) is 16.0 Å². The number of aryl methyl sites for hydroxylation is 2. The van der Waals surface area contributed by atoms with Crippen molar-refractivity contribution in [2.75, 3.05) is 27.2 Å². The van der Waals surface area contributed by atoms with Crippen molar-refractivity contribution < 1.29 is 9.59 Å². The van der Waals surface area contributed by atoms with Gasteiger partial charge in [-0.25, -0.2) is 4.98 Å². The van der Waals surface area contributed by atoms with Crippen molar-refractivity contribution >= 4 is 23.2 Å². The molecule has 1 aliphatic heterocycles. The summed E-state index contributed by atoms with van der Waals surface area (Å²) in [6.07, 6.45) is 1.87. The van der Waals surface area contributed by atoms with E-state index in [4.69, 9.17) is 0 Å². The second-order valence-electron chi connectivity index (χ2n) is 7.44. The summed E-state index contributed by atoms with van der Waals surface area (Å²) in [6.45, 7) is 5.35. The van der Waals surface area contributed by atoms with Crippen molar-refractivity contribution in [3.05, 3.63) is 39.7 Å². The monoisotopic (exact) mass is 385 g/mol. The number of rotatable bonds is 4. The number of likely N-dealkylation sites (tertiary alicyclic amines) is 1. The lowest BCUT2D eigenvalue weighted by molar-refractivity contribution is -0.138. The highest BCUT2D eigenvalue weighted by Crippen LogP contribution is 2.29. The summed E-state index contributed by atoms with van der Waals surface area (Å²) in [5.74, 6) is 0.336. The van der Waals surface area contributed by atoms with Gasteiger partial charge in [0.05, 0.1) is 17.1 Å². The molecule has 0 saturated carbocycles. The summed E-state index contributed by atoms with van der Waals surface area (Å²) < 4.78 is 0. The summed E-state index contributed by atoms with van der Waals surface area (Å²) in [7, 11) is 3.58. The third kappa shape index (κ3) is 4.56. The molecule has 1 fully saturated rings. The van der Waals surface area contributed by atoms with E-state index in [2.05, 4.69) is 36.2 Å². The third-order valence-electron chi connectivity index (χ3n) is 5.08. The maximum Gasteiger partial charge on any atom is 0.227 e. The molecule has 1 aromatic carbocycles. The molecule has 27 heavy (non-hydrogen) atoms. The maximum atomic E-state index is 12.8. The van der Waals surface area contributed by atoms with Crippen LogP contribution in [0.3, 0.4) is 0 Å². The molecule has 1 aliphatic rings. The number of nitrogens with zero attached hydrogens (tertiary/aromatic N) is 3. The predicted octanol–water partition coefficient (Wildman–Crippen LogP) is 3.30. The number of carbonyl (C=O) groups is 2. The molecule has 0 spiro atoms. The van der Waals surface area contributed by atoms with Crippen LogP contribution >= 0.6 is 11.3 Å². The number of carbonyl (C=O) groups excluding carboxylic acids is 2. The second-order valence-corrected chi connectivity index (χ2v) is 8.72. The quantitative estimate of drug-likeness (QED) is 0.811. The first-order chi connectivity index (χ1) is 12.8. The summed E-state index contributed by atoms with van der Waals surface area (Å²) in [6, 6.07) is 8.27. The van der Waals surface area contributed by atoms with Gasteiger partial charge in [0.15, 0.2) is 0 Å². The zero-order valence-corrected chi connectivity index (χ0v) is 17.3. The van der Waals surface area contributed by atoms with Crippen LogP contribution in [0.1, 0.15) is 28.3 Å². The molecule has 2 heterocycles. The summed E-state index contributed by atoms with van der Waals surface area (Å²) in [4.78, 5) is 34.2. The van der Waals surface area contributed by atoms with Gasteiger partial charge in [0.1, 0.15) is 0 Å². The largest absolute Gasteiger partial charge is 0.349 e. The number of hydrogen-bond acceptors (Lipinski definition) is 4. The van der Waals surface area contributed by atoms with Gasteiger partial charge in [0, 0.05) is 43.5 Å². The Morgan fingerprint density at radius 2 is 1.78 bits per heavy atom. The van der Waals surface area contributed by atoms with Crippen molar-refractivity contribution in [2.24, 2.45) is 5.92 Å². The van der Waals surface area contributed by atoms with E-state index in [0.29, 0.717) is 19.5 Å². The van der Waals surface area contributed by atoms with Crippen LogP contribution in [0.5, 0.6) is 0 Å². The average molecular weight is 386 g/mol. The van der Waals surface area contributed by atoms with Gasteiger partial charge >= 0.3 is 0 Å². The Hall–Kier alpha value is -2.21. The highest BCUT2D eigenvalue weighted by Gasteiger charge is 2.28. The Balaban J connectivity index is 1.67. The van der Waals surface area contributed by atoms with Gasteiger partial charge in [0.2, 0.25) is 11.8 Å². The first-order valence-electron chi connectivity index (χ1n) is 9.37. The van der Waals surface area contributed by atoms with Crippen molar-refractivity contribution in [1.82, 2.24) is 14.8 Å². The Labute approximate surface area is 165 Å². The Bertz CT molecular complexity index is 818. The SMILES string of the molecule is Cc1ccc(-c2nc(C)sc2CC(=O)N2CCC(C(=O)N(C)C)CC2)cc1. The third-order valence-corrected chi connectivity index (χ3v) is 6.05. The maximum absolute atomic E-state index is 12.8. The standard InChI is InChI=1S/C21H27N3O2S/c1-14-5-7-16(8-6-14)20-18(27-15(2)22-20)13-19(25)24-11-9-17(10-12-24)21(26)23(3)4/h5-8,17H,9-13H2,1-4H3. The number of aromatic nitrogens is 1. The lowest BCUT2D eigenvalue weighted by atomic mass is 9.95. The van der Waals surface area contributed by atoms with Crippen LogP contribution in [0.25, 0.3) is 11.3 Å². The van der Waals surface area contributed by atoms with Gasteiger partial charge in [-0.2, -0.15) is 0 Å². The van der Waals surface area contributed by atoms with E-state index >= 15 is 0 Å². The van der Waals surface area contributed by atoms with Crippen molar-refractivity contribution in [3.63, 3.8) is 0 Å². The minimum absolute atomic E-state index is 0.0396. The van der Waals surface area contributed by atoms with E-state index in [1.54, 1.807) is 30.3 Å². The summed E-state index contributed by atoms with van der Waals surface area (Å²) >= 11 is 1.60. The van der Waals surface area contributed by atoms with Gasteiger partial charge in [-0.1, -0.05) is 29.8 Å². The molecule has 144 valence electrons. The van der Waals surface area contributed by atoms with E-state index in [0.717, 1.165) is 34.0 Å². The van der Waals surface area contributed by atoms with Gasteiger partial charge in [-0.05, 0) is 26.7 Å². The molecule has 0 unspecified atom stereocenters. The number of benzene rings is 1. The molecular formula is C21H27N3O2S. The molecule has 6 heteroatoms. The van der Waals surface area contributed by atoms with Crippen molar-refractivity contribution in [2.45, 2.75) is 33.1 Å². The van der Waals surface area contributed by atoms with Crippen LogP contribution < -0.4 is 0 Å². The van der Waals surface area contributed by atoms with Gasteiger partial charge in [-0.15, -0.1) is 11.3 Å². The van der Waals surface area contributed by atoms with Crippen LogP contribution in [0.15, 0.2) is 24.3 Å². The lowest BCUT2D eigenvalue weighted by Crippen LogP contribution is -2.43.